The largest absolute Gasteiger partial charge is 0.337 e. The van der Waals surface area contributed by atoms with Crippen LogP contribution in [0.3, 0.4) is 0 Å². The molecule has 0 saturated carbocycles. The van der Waals surface area contributed by atoms with E-state index in [2.05, 4.69) is 12.6 Å². The summed E-state index contributed by atoms with van der Waals surface area (Å²) in [6, 6.07) is 0. The van der Waals surface area contributed by atoms with Crippen LogP contribution in [0.1, 0.15) is 0 Å². The van der Waals surface area contributed by atoms with Crippen molar-refractivity contribution in [2.24, 2.45) is 0 Å². The maximum atomic E-state index is 11.3. The van der Waals surface area contributed by atoms with E-state index in [0.29, 0.717) is 0 Å². The first-order valence-electron chi connectivity index (χ1n) is 3.22. The van der Waals surface area contributed by atoms with E-state index in [9.17, 15) is 14.4 Å². The van der Waals surface area contributed by atoms with Gasteiger partial charge in [-0.3, -0.25) is 4.98 Å². The topological polar surface area (TPSA) is 76.9 Å². The van der Waals surface area contributed by atoms with Gasteiger partial charge in [-0.1, -0.05) is 22.6 Å². The molecule has 0 aromatic carbocycles. The Bertz CT molecular complexity index is 434. The van der Waals surface area contributed by atoms with E-state index >= 15 is 0 Å². The van der Waals surface area contributed by atoms with Crippen LogP contribution in [0.2, 0.25) is 0 Å². The molecule has 1 N–H and O–H groups in total. The summed E-state index contributed by atoms with van der Waals surface area (Å²) in [5, 5.41) is 0. The van der Waals surface area contributed by atoms with Gasteiger partial charge in [-0.2, -0.15) is 12.6 Å². The molecule has 0 unspecified atom stereocenters. The van der Waals surface area contributed by atoms with Crippen LogP contribution in [0, 0.1) is 0 Å². The number of hydrogen-bond donors (Lipinski definition) is 2. The van der Waals surface area contributed by atoms with Crippen LogP contribution in [-0.2, 0) is 10.4 Å². The molecule has 0 spiro atoms. The summed E-state index contributed by atoms with van der Waals surface area (Å²) < 4.78 is 1.95. The van der Waals surface area contributed by atoms with Crippen molar-refractivity contribution >= 4 is 35.2 Å². The molecule has 1 aromatic heterocycles. The lowest BCUT2D eigenvalue weighted by Crippen LogP contribution is -2.48. The van der Waals surface area contributed by atoms with Crippen molar-refractivity contribution in [2.45, 2.75) is 10.4 Å². The summed E-state index contributed by atoms with van der Waals surface area (Å²) in [6.07, 6.45) is 0. The van der Waals surface area contributed by atoms with Crippen molar-refractivity contribution in [1.82, 2.24) is 14.1 Å². The molecule has 0 saturated heterocycles. The highest BCUT2D eigenvalue weighted by Gasteiger charge is 2.06. The Morgan fingerprint density at radius 1 is 1.23 bits per heavy atom. The monoisotopic (exact) mass is 315 g/mol. The van der Waals surface area contributed by atoms with Crippen molar-refractivity contribution in [3.05, 3.63) is 31.5 Å². The van der Waals surface area contributed by atoms with Gasteiger partial charge in [-0.25, -0.2) is 23.5 Å². The van der Waals surface area contributed by atoms with Crippen molar-refractivity contribution in [3.8, 4) is 0 Å². The zero-order chi connectivity index (χ0) is 10.0. The average Bonchev–Trinajstić information content (AvgIpc) is 2.04. The first-order valence-corrected chi connectivity index (χ1v) is 5.38. The Hall–Kier alpha value is -0.510. The summed E-state index contributed by atoms with van der Waals surface area (Å²) in [4.78, 5) is 35.4. The number of nitrogens with one attached hydrogen (secondary N) is 1. The maximum Gasteiger partial charge on any atom is 0.337 e. The van der Waals surface area contributed by atoms with Gasteiger partial charge in [0.1, 0.15) is 0 Å². The number of alkyl halides is 1. The van der Waals surface area contributed by atoms with Crippen LogP contribution in [0.5, 0.6) is 0 Å². The number of nitrogens with zero attached hydrogens (tertiary/aromatic N) is 2. The second kappa shape index (κ2) is 4.13. The minimum atomic E-state index is -0.730. The number of thiol groups is 1. The lowest BCUT2D eigenvalue weighted by Gasteiger charge is -2.02. The molecule has 0 amide bonds. The fourth-order valence-electron chi connectivity index (χ4n) is 0.776. The van der Waals surface area contributed by atoms with Gasteiger partial charge in [-0.05, 0) is 0 Å². The number of halogens is 1. The molecular formula is C5H6IN3O3S. The molecule has 8 heteroatoms. The molecule has 0 fully saturated rings. The van der Waals surface area contributed by atoms with Crippen LogP contribution in [0.15, 0.2) is 14.4 Å². The van der Waals surface area contributed by atoms with E-state index in [-0.39, 0.29) is 10.4 Å². The third-order valence-electron chi connectivity index (χ3n) is 1.43. The van der Waals surface area contributed by atoms with Crippen molar-refractivity contribution in [3.63, 3.8) is 0 Å². The van der Waals surface area contributed by atoms with Gasteiger partial charge in [-0.15, -0.1) is 0 Å². The molecule has 1 aromatic rings. The second-order valence-electron chi connectivity index (χ2n) is 2.13. The predicted molar refractivity (Wildman–Crippen MR) is 58.6 cm³/mol. The van der Waals surface area contributed by atoms with Gasteiger partial charge in [0.05, 0.1) is 10.4 Å². The number of aromatic nitrogens is 3. The van der Waals surface area contributed by atoms with E-state index < -0.39 is 17.1 Å². The number of aromatic amines is 1. The molecule has 13 heavy (non-hydrogen) atoms. The highest BCUT2D eigenvalue weighted by molar-refractivity contribution is 14.1. The minimum absolute atomic E-state index is 0.0505. The van der Waals surface area contributed by atoms with Gasteiger partial charge in [0.2, 0.25) is 0 Å². The lowest BCUT2D eigenvalue weighted by molar-refractivity contribution is 0.614. The highest BCUT2D eigenvalue weighted by atomic mass is 127. The predicted octanol–water partition coefficient (Wildman–Crippen LogP) is -1.02. The molecule has 0 radical (unpaired) electrons. The lowest BCUT2D eigenvalue weighted by atomic mass is 10.8. The molecule has 0 atom stereocenters. The Kier molecular flexibility index (Phi) is 3.36. The standard InChI is InChI=1S/C5H6IN3O3S/c6-1-8-3(10)7-4(11)9(2-13)5(8)12/h13H,1-2H2,(H,7,10,11). The SMILES string of the molecule is O=c1[nH]c(=O)n(CI)c(=O)n1CS. The van der Waals surface area contributed by atoms with Gasteiger partial charge >= 0.3 is 17.1 Å². The van der Waals surface area contributed by atoms with Gasteiger partial charge in [0.25, 0.3) is 0 Å². The Morgan fingerprint density at radius 3 is 2.23 bits per heavy atom. The molecule has 6 nitrogen and oxygen atoms in total. The third kappa shape index (κ3) is 1.88. The van der Waals surface area contributed by atoms with Gasteiger partial charge < -0.3 is 0 Å². The summed E-state index contributed by atoms with van der Waals surface area (Å²) in [7, 11) is 0. The molecular weight excluding hydrogens is 309 g/mol. The van der Waals surface area contributed by atoms with Crippen LogP contribution in [0.4, 0.5) is 0 Å². The third-order valence-corrected chi connectivity index (χ3v) is 2.39. The van der Waals surface area contributed by atoms with Gasteiger partial charge in [0.15, 0.2) is 0 Å². The first-order chi connectivity index (χ1) is 6.11. The summed E-state index contributed by atoms with van der Waals surface area (Å²) in [6.45, 7) is 0. The smallest absolute Gasteiger partial charge is 0.259 e. The molecule has 1 heterocycles. The van der Waals surface area contributed by atoms with Crippen LogP contribution in [0.25, 0.3) is 0 Å². The zero-order valence-corrected chi connectivity index (χ0v) is 9.41. The van der Waals surface area contributed by atoms with E-state index in [1.807, 2.05) is 27.6 Å². The Labute approximate surface area is 91.1 Å². The summed E-state index contributed by atoms with van der Waals surface area (Å²) in [5.41, 5.74) is -2.06. The molecule has 72 valence electrons. The Balaban J connectivity index is 3.69. The zero-order valence-electron chi connectivity index (χ0n) is 6.36. The quantitative estimate of drug-likeness (QED) is 0.417. The van der Waals surface area contributed by atoms with Crippen molar-refractivity contribution in [1.29, 1.82) is 0 Å². The van der Waals surface area contributed by atoms with E-state index in [0.717, 1.165) is 9.13 Å². The fraction of sp³-hybridized carbons (Fsp3) is 0.400. The molecule has 1 rings (SSSR count). The first kappa shape index (κ1) is 10.6. The molecule has 0 aliphatic heterocycles. The molecule has 0 aliphatic rings. The minimum Gasteiger partial charge on any atom is -0.259 e. The fourth-order valence-corrected chi connectivity index (χ4v) is 1.63. The normalized spacial score (nSPS) is 10.3. The Morgan fingerprint density at radius 2 is 1.77 bits per heavy atom. The average molecular weight is 315 g/mol. The van der Waals surface area contributed by atoms with E-state index in [4.69, 9.17) is 0 Å². The highest BCUT2D eigenvalue weighted by Crippen LogP contribution is 1.82. The van der Waals surface area contributed by atoms with Crippen molar-refractivity contribution in [2.75, 3.05) is 0 Å². The van der Waals surface area contributed by atoms with Crippen LogP contribution in [-0.4, -0.2) is 14.1 Å². The van der Waals surface area contributed by atoms with Crippen LogP contribution < -0.4 is 17.1 Å². The molecule has 0 aliphatic carbocycles. The number of H-pyrrole nitrogens is 1. The van der Waals surface area contributed by atoms with Crippen molar-refractivity contribution < 1.29 is 0 Å². The van der Waals surface area contributed by atoms with E-state index in [1.165, 1.54) is 0 Å². The number of rotatable bonds is 2. The summed E-state index contributed by atoms with van der Waals surface area (Å²) >= 11 is 5.65. The maximum absolute atomic E-state index is 11.3. The number of hydrogen-bond acceptors (Lipinski definition) is 4. The van der Waals surface area contributed by atoms with Crippen LogP contribution >= 0.6 is 35.2 Å². The van der Waals surface area contributed by atoms with E-state index in [1.54, 1.807) is 0 Å². The molecule has 0 bridgehead atoms. The van der Waals surface area contributed by atoms with Gasteiger partial charge in [0, 0.05) is 0 Å². The second-order valence-corrected chi connectivity index (χ2v) is 3.10. The summed E-state index contributed by atoms with van der Waals surface area (Å²) in [5.74, 6) is -0.0505.